The molecule has 0 atom stereocenters. The van der Waals surface area contributed by atoms with Crippen molar-refractivity contribution >= 4 is 27.3 Å². The number of rotatable bonds is 6. The predicted octanol–water partition coefficient (Wildman–Crippen LogP) is 2.32. The van der Waals surface area contributed by atoms with Crippen LogP contribution < -0.4 is 5.73 Å². The SMILES string of the molecule is CCCS(=O)(=O)CCSc1cc(N)cc(F)c1. The van der Waals surface area contributed by atoms with E-state index in [1.54, 1.807) is 6.07 Å². The zero-order valence-corrected chi connectivity index (χ0v) is 11.3. The molecular formula is C11H16FNO2S2. The van der Waals surface area contributed by atoms with Crippen molar-refractivity contribution in [2.45, 2.75) is 18.2 Å². The number of halogens is 1. The second-order valence-electron chi connectivity index (χ2n) is 3.72. The highest BCUT2D eigenvalue weighted by Gasteiger charge is 2.09. The van der Waals surface area contributed by atoms with E-state index in [4.69, 9.17) is 5.73 Å². The maximum absolute atomic E-state index is 13.0. The highest BCUT2D eigenvalue weighted by atomic mass is 32.2. The maximum atomic E-state index is 13.0. The standard InChI is InChI=1S/C11H16FNO2S2/c1-2-4-17(14,15)5-3-16-11-7-9(12)6-10(13)8-11/h6-8H,2-5,13H2,1H3. The number of thioether (sulfide) groups is 1. The van der Waals surface area contributed by atoms with Gasteiger partial charge in [-0.1, -0.05) is 6.92 Å². The van der Waals surface area contributed by atoms with Gasteiger partial charge in [0.05, 0.1) is 5.75 Å². The van der Waals surface area contributed by atoms with Gasteiger partial charge in [-0.15, -0.1) is 11.8 Å². The number of nitrogen functional groups attached to an aromatic ring is 1. The quantitative estimate of drug-likeness (QED) is 0.640. The number of hydrogen-bond donors (Lipinski definition) is 1. The molecule has 0 saturated heterocycles. The molecule has 3 nitrogen and oxygen atoms in total. The molecule has 1 aromatic rings. The Morgan fingerprint density at radius 1 is 1.29 bits per heavy atom. The van der Waals surface area contributed by atoms with E-state index in [1.165, 1.54) is 23.9 Å². The minimum atomic E-state index is -2.97. The molecule has 0 saturated carbocycles. The Morgan fingerprint density at radius 2 is 2.00 bits per heavy atom. The summed E-state index contributed by atoms with van der Waals surface area (Å²) >= 11 is 1.30. The average Bonchev–Trinajstić information content (AvgIpc) is 2.15. The number of nitrogens with two attached hydrogens (primary N) is 1. The monoisotopic (exact) mass is 277 g/mol. The normalized spacial score (nSPS) is 11.6. The second-order valence-corrected chi connectivity index (χ2v) is 7.19. The van der Waals surface area contributed by atoms with Crippen molar-refractivity contribution in [2.24, 2.45) is 0 Å². The number of anilines is 1. The lowest BCUT2D eigenvalue weighted by Gasteiger charge is -2.04. The molecule has 0 heterocycles. The zero-order chi connectivity index (χ0) is 12.9. The summed E-state index contributed by atoms with van der Waals surface area (Å²) in [6.07, 6.45) is 0.625. The Hall–Kier alpha value is -0.750. The van der Waals surface area contributed by atoms with Crippen LogP contribution >= 0.6 is 11.8 Å². The third kappa shape index (κ3) is 5.41. The fourth-order valence-corrected chi connectivity index (χ4v) is 4.19. The molecule has 0 fully saturated rings. The van der Waals surface area contributed by atoms with E-state index in [0.717, 1.165) is 0 Å². The lowest BCUT2D eigenvalue weighted by atomic mass is 10.3. The van der Waals surface area contributed by atoms with Gasteiger partial charge in [0.25, 0.3) is 0 Å². The number of hydrogen-bond acceptors (Lipinski definition) is 4. The van der Waals surface area contributed by atoms with Crippen molar-refractivity contribution in [1.29, 1.82) is 0 Å². The molecule has 0 bridgehead atoms. The first-order chi connectivity index (χ1) is 7.93. The summed E-state index contributed by atoms with van der Waals surface area (Å²) in [5.41, 5.74) is 5.84. The van der Waals surface area contributed by atoms with Crippen LogP contribution in [0.1, 0.15) is 13.3 Å². The zero-order valence-electron chi connectivity index (χ0n) is 9.65. The summed E-state index contributed by atoms with van der Waals surface area (Å²) in [6, 6.07) is 4.23. The van der Waals surface area contributed by atoms with E-state index >= 15 is 0 Å². The van der Waals surface area contributed by atoms with Gasteiger partial charge in [0, 0.05) is 22.1 Å². The maximum Gasteiger partial charge on any atom is 0.151 e. The van der Waals surface area contributed by atoms with Crippen molar-refractivity contribution in [3.63, 3.8) is 0 Å². The van der Waals surface area contributed by atoms with Gasteiger partial charge in [0.2, 0.25) is 0 Å². The molecule has 96 valence electrons. The number of sulfone groups is 1. The molecule has 1 aromatic carbocycles. The lowest BCUT2D eigenvalue weighted by Crippen LogP contribution is -2.12. The highest BCUT2D eigenvalue weighted by Crippen LogP contribution is 2.22. The first-order valence-electron chi connectivity index (χ1n) is 5.32. The summed E-state index contributed by atoms with van der Waals surface area (Å²) in [4.78, 5) is 0.661. The topological polar surface area (TPSA) is 60.2 Å². The van der Waals surface area contributed by atoms with E-state index in [1.807, 2.05) is 6.92 Å². The molecular weight excluding hydrogens is 261 g/mol. The smallest absolute Gasteiger partial charge is 0.151 e. The van der Waals surface area contributed by atoms with Crippen LogP contribution in [-0.4, -0.2) is 25.7 Å². The molecule has 0 unspecified atom stereocenters. The fourth-order valence-electron chi connectivity index (χ4n) is 1.37. The molecule has 2 N–H and O–H groups in total. The molecule has 6 heteroatoms. The average molecular weight is 277 g/mol. The van der Waals surface area contributed by atoms with Crippen LogP contribution in [0.3, 0.4) is 0 Å². The van der Waals surface area contributed by atoms with Crippen molar-refractivity contribution in [3.05, 3.63) is 24.0 Å². The minimum absolute atomic E-state index is 0.113. The summed E-state index contributed by atoms with van der Waals surface area (Å²) in [6.45, 7) is 1.83. The van der Waals surface area contributed by atoms with E-state index < -0.39 is 15.7 Å². The molecule has 17 heavy (non-hydrogen) atoms. The van der Waals surface area contributed by atoms with Gasteiger partial charge in [0.15, 0.2) is 9.84 Å². The largest absolute Gasteiger partial charge is 0.399 e. The molecule has 0 aromatic heterocycles. The van der Waals surface area contributed by atoms with Crippen molar-refractivity contribution in [1.82, 2.24) is 0 Å². The fraction of sp³-hybridized carbons (Fsp3) is 0.455. The van der Waals surface area contributed by atoms with Gasteiger partial charge in [-0.3, -0.25) is 0 Å². The third-order valence-electron chi connectivity index (χ3n) is 2.07. The molecule has 0 amide bonds. The Labute approximate surface area is 106 Å². The van der Waals surface area contributed by atoms with Crippen molar-refractivity contribution in [3.8, 4) is 0 Å². The Kier molecular flexibility index (Phi) is 5.27. The molecule has 1 rings (SSSR count). The Morgan fingerprint density at radius 3 is 2.59 bits per heavy atom. The predicted molar refractivity (Wildman–Crippen MR) is 70.5 cm³/mol. The van der Waals surface area contributed by atoms with E-state index in [2.05, 4.69) is 0 Å². The summed E-state index contributed by atoms with van der Waals surface area (Å²) < 4.78 is 35.9. The van der Waals surface area contributed by atoms with Gasteiger partial charge in [-0.2, -0.15) is 0 Å². The Bertz CT molecular complexity index is 454. The van der Waals surface area contributed by atoms with E-state index in [0.29, 0.717) is 22.8 Å². The molecule has 0 radical (unpaired) electrons. The van der Waals surface area contributed by atoms with Crippen LogP contribution in [0.5, 0.6) is 0 Å². The Balaban J connectivity index is 2.51. The van der Waals surface area contributed by atoms with Gasteiger partial charge < -0.3 is 5.73 Å². The first kappa shape index (κ1) is 14.3. The molecule has 0 spiro atoms. The van der Waals surface area contributed by atoms with E-state index in [-0.39, 0.29) is 11.5 Å². The molecule has 0 aliphatic rings. The molecule has 0 aliphatic heterocycles. The molecule has 0 aliphatic carbocycles. The minimum Gasteiger partial charge on any atom is -0.399 e. The van der Waals surface area contributed by atoms with Crippen LogP contribution in [0, 0.1) is 5.82 Å². The van der Waals surface area contributed by atoms with Crippen LogP contribution in [0.2, 0.25) is 0 Å². The van der Waals surface area contributed by atoms with Crippen molar-refractivity contribution < 1.29 is 12.8 Å². The van der Waals surface area contributed by atoms with Crippen LogP contribution in [0.15, 0.2) is 23.1 Å². The van der Waals surface area contributed by atoms with E-state index in [9.17, 15) is 12.8 Å². The van der Waals surface area contributed by atoms with Crippen LogP contribution in [-0.2, 0) is 9.84 Å². The summed E-state index contributed by atoms with van der Waals surface area (Å²) in [5, 5.41) is 0. The first-order valence-corrected chi connectivity index (χ1v) is 8.13. The number of benzene rings is 1. The summed E-state index contributed by atoms with van der Waals surface area (Å²) in [7, 11) is -2.97. The second kappa shape index (κ2) is 6.26. The lowest BCUT2D eigenvalue weighted by molar-refractivity contribution is 0.596. The van der Waals surface area contributed by atoms with Gasteiger partial charge in [-0.25, -0.2) is 12.8 Å². The van der Waals surface area contributed by atoms with Gasteiger partial charge in [0.1, 0.15) is 5.82 Å². The van der Waals surface area contributed by atoms with Gasteiger partial charge in [-0.05, 0) is 24.6 Å². The van der Waals surface area contributed by atoms with Crippen LogP contribution in [0.25, 0.3) is 0 Å². The summed E-state index contributed by atoms with van der Waals surface area (Å²) in [5.74, 6) is 0.343. The van der Waals surface area contributed by atoms with Crippen LogP contribution in [0.4, 0.5) is 10.1 Å². The highest BCUT2D eigenvalue weighted by molar-refractivity contribution is 8.00. The van der Waals surface area contributed by atoms with Crippen molar-refractivity contribution in [2.75, 3.05) is 23.0 Å². The third-order valence-corrected chi connectivity index (χ3v) is 5.16. The van der Waals surface area contributed by atoms with Gasteiger partial charge >= 0.3 is 0 Å².